The molecular weight excluding hydrogens is 318 g/mol. The van der Waals surface area contributed by atoms with Gasteiger partial charge < -0.3 is 14.6 Å². The van der Waals surface area contributed by atoms with Crippen molar-refractivity contribution in [3.05, 3.63) is 42.6 Å². The lowest BCUT2D eigenvalue weighted by Gasteiger charge is -2.10. The van der Waals surface area contributed by atoms with Crippen molar-refractivity contribution in [2.75, 3.05) is 19.6 Å². The van der Waals surface area contributed by atoms with Crippen LogP contribution in [0.5, 0.6) is 0 Å². The summed E-state index contributed by atoms with van der Waals surface area (Å²) in [7, 11) is 0. The minimum absolute atomic E-state index is 0.191. The monoisotopic (exact) mass is 335 g/mol. The number of carbonyl (C=O) groups excluding carboxylic acids is 1. The normalized spacial score (nSPS) is 16.9. The summed E-state index contributed by atoms with van der Waals surface area (Å²) in [5, 5.41) is 18.5. The highest BCUT2D eigenvalue weighted by atomic mass is 16.1. The summed E-state index contributed by atoms with van der Waals surface area (Å²) in [6.45, 7) is 2.03. The van der Waals surface area contributed by atoms with E-state index in [9.17, 15) is 4.79 Å². The number of rotatable bonds is 4. The maximum absolute atomic E-state index is 12.4. The van der Waals surface area contributed by atoms with E-state index in [-0.39, 0.29) is 5.91 Å². The average Bonchev–Trinajstić information content (AvgIpc) is 3.38. The predicted octanol–water partition coefficient (Wildman–Crippen LogP) is 1.26. The molecule has 1 aliphatic heterocycles. The quantitative estimate of drug-likeness (QED) is 0.699. The number of H-pyrrole nitrogens is 1. The van der Waals surface area contributed by atoms with Gasteiger partial charge in [-0.25, -0.2) is 4.98 Å². The lowest BCUT2D eigenvalue weighted by Crippen LogP contribution is -2.30. The molecule has 4 heterocycles. The molecule has 0 spiro atoms. The van der Waals surface area contributed by atoms with Crippen LogP contribution in [-0.2, 0) is 0 Å². The highest BCUT2D eigenvalue weighted by molar-refractivity contribution is 5.92. The molecule has 0 bridgehead atoms. The summed E-state index contributed by atoms with van der Waals surface area (Å²) in [6.07, 6.45) is 10.3. The molecule has 1 saturated heterocycles. The number of aromatic amines is 1. The molecule has 8 heteroatoms. The van der Waals surface area contributed by atoms with Gasteiger partial charge >= 0.3 is 0 Å². The summed E-state index contributed by atoms with van der Waals surface area (Å²) in [6, 6.07) is 3.82. The van der Waals surface area contributed by atoms with E-state index >= 15 is 0 Å². The maximum atomic E-state index is 12.4. The third kappa shape index (κ3) is 3.04. The molecule has 3 aromatic heterocycles. The van der Waals surface area contributed by atoms with Crippen LogP contribution in [0.3, 0.4) is 0 Å². The zero-order valence-corrected chi connectivity index (χ0v) is 13.5. The number of amides is 1. The zero-order valence-electron chi connectivity index (χ0n) is 13.5. The van der Waals surface area contributed by atoms with Crippen molar-refractivity contribution in [3.8, 4) is 17.3 Å². The summed E-state index contributed by atoms with van der Waals surface area (Å²) < 4.78 is 1.84. The number of nitriles is 1. The Morgan fingerprint density at radius 1 is 1.40 bits per heavy atom. The molecule has 0 aliphatic carbocycles. The number of likely N-dealkylation sites (tertiary alicyclic amines) is 1. The van der Waals surface area contributed by atoms with E-state index in [1.165, 1.54) is 0 Å². The Bertz CT molecular complexity index is 938. The molecule has 3 aromatic rings. The number of imidazole rings is 1. The van der Waals surface area contributed by atoms with Gasteiger partial charge in [-0.2, -0.15) is 10.4 Å². The topological polar surface area (TPSA) is 102 Å². The van der Waals surface area contributed by atoms with Crippen molar-refractivity contribution in [1.29, 1.82) is 5.26 Å². The van der Waals surface area contributed by atoms with E-state index in [2.05, 4.69) is 26.7 Å². The van der Waals surface area contributed by atoms with Crippen molar-refractivity contribution in [1.82, 2.24) is 29.8 Å². The molecule has 1 atom stereocenters. The molecule has 0 unspecified atom stereocenters. The Morgan fingerprint density at radius 3 is 3.08 bits per heavy atom. The largest absolute Gasteiger partial charge is 0.350 e. The highest BCUT2D eigenvalue weighted by Gasteiger charge is 2.22. The number of aromatic nitrogens is 4. The Hall–Kier alpha value is -3.34. The van der Waals surface area contributed by atoms with Crippen LogP contribution in [0, 0.1) is 17.4 Å². The van der Waals surface area contributed by atoms with Gasteiger partial charge in [-0.3, -0.25) is 9.89 Å². The summed E-state index contributed by atoms with van der Waals surface area (Å²) in [4.78, 5) is 18.5. The van der Waals surface area contributed by atoms with Gasteiger partial charge in [0.25, 0.3) is 5.91 Å². The smallest absolute Gasteiger partial charge is 0.271 e. The molecule has 126 valence electrons. The van der Waals surface area contributed by atoms with E-state index in [1.807, 2.05) is 28.9 Å². The molecule has 0 aromatic carbocycles. The Balaban J connectivity index is 1.46. The number of nitrogens with zero attached hydrogens (tertiary/aromatic N) is 5. The number of nitrogens with one attached hydrogen (secondary N) is 2. The SMILES string of the molecule is N#CN1CC[C@H](CNC(=O)c2cn3cc(-c4cn[nH]c4)ccc3n2)C1. The minimum atomic E-state index is -0.191. The van der Waals surface area contributed by atoms with Gasteiger partial charge in [-0.1, -0.05) is 0 Å². The van der Waals surface area contributed by atoms with Gasteiger partial charge in [-0.15, -0.1) is 0 Å². The third-order valence-electron chi connectivity index (χ3n) is 4.49. The van der Waals surface area contributed by atoms with Gasteiger partial charge in [0.15, 0.2) is 6.19 Å². The van der Waals surface area contributed by atoms with Crippen LogP contribution in [0.4, 0.5) is 0 Å². The molecule has 0 saturated carbocycles. The second-order valence-electron chi connectivity index (χ2n) is 6.21. The lowest BCUT2D eigenvalue weighted by molar-refractivity contribution is 0.0943. The summed E-state index contributed by atoms with van der Waals surface area (Å²) in [5.74, 6) is 0.122. The molecule has 1 amide bonds. The minimum Gasteiger partial charge on any atom is -0.350 e. The van der Waals surface area contributed by atoms with E-state index in [0.29, 0.717) is 30.3 Å². The van der Waals surface area contributed by atoms with Crippen molar-refractivity contribution >= 4 is 11.6 Å². The second-order valence-corrected chi connectivity index (χ2v) is 6.21. The van der Waals surface area contributed by atoms with Crippen LogP contribution in [0.25, 0.3) is 16.8 Å². The van der Waals surface area contributed by atoms with Gasteiger partial charge in [0.1, 0.15) is 11.3 Å². The number of hydrogen-bond acceptors (Lipinski definition) is 5. The first-order chi connectivity index (χ1) is 12.2. The zero-order chi connectivity index (χ0) is 17.2. The summed E-state index contributed by atoms with van der Waals surface area (Å²) in [5.41, 5.74) is 3.08. The standard InChI is InChI=1S/C17H17N7O/c18-11-23-4-3-12(8-23)5-19-17(25)15-10-24-9-13(1-2-16(24)22-15)14-6-20-21-7-14/h1-2,6-7,9-10,12H,3-5,8H2,(H,19,25)(H,20,21)/t12-/m1/s1. The second kappa shape index (κ2) is 6.28. The number of fused-ring (bicyclic) bond motifs is 1. The van der Waals surface area contributed by atoms with Gasteiger partial charge in [0, 0.05) is 49.4 Å². The number of carbonyl (C=O) groups is 1. The fraction of sp³-hybridized carbons (Fsp3) is 0.294. The van der Waals surface area contributed by atoms with Crippen molar-refractivity contribution in [2.24, 2.45) is 5.92 Å². The molecular formula is C17H17N7O. The van der Waals surface area contributed by atoms with Gasteiger partial charge in [0.2, 0.25) is 0 Å². The molecule has 0 radical (unpaired) electrons. The van der Waals surface area contributed by atoms with E-state index in [4.69, 9.17) is 5.26 Å². The number of hydrogen-bond donors (Lipinski definition) is 2. The van der Waals surface area contributed by atoms with Crippen LogP contribution in [-0.4, -0.2) is 50.0 Å². The third-order valence-corrected chi connectivity index (χ3v) is 4.49. The highest BCUT2D eigenvalue weighted by Crippen LogP contribution is 2.19. The predicted molar refractivity (Wildman–Crippen MR) is 90.4 cm³/mol. The average molecular weight is 335 g/mol. The van der Waals surface area contributed by atoms with E-state index in [1.54, 1.807) is 17.3 Å². The fourth-order valence-electron chi connectivity index (χ4n) is 3.10. The molecule has 4 rings (SSSR count). The van der Waals surface area contributed by atoms with E-state index < -0.39 is 0 Å². The van der Waals surface area contributed by atoms with Gasteiger partial charge in [0.05, 0.1) is 6.20 Å². The Labute approximate surface area is 144 Å². The summed E-state index contributed by atoms with van der Waals surface area (Å²) >= 11 is 0. The van der Waals surface area contributed by atoms with Crippen LogP contribution < -0.4 is 5.32 Å². The number of pyridine rings is 1. The molecule has 1 fully saturated rings. The maximum Gasteiger partial charge on any atom is 0.271 e. The van der Waals surface area contributed by atoms with Crippen molar-refractivity contribution in [3.63, 3.8) is 0 Å². The molecule has 8 nitrogen and oxygen atoms in total. The lowest BCUT2D eigenvalue weighted by atomic mass is 10.1. The van der Waals surface area contributed by atoms with Crippen molar-refractivity contribution < 1.29 is 4.79 Å². The van der Waals surface area contributed by atoms with Crippen LogP contribution in [0.1, 0.15) is 16.9 Å². The molecule has 1 aliphatic rings. The first-order valence-corrected chi connectivity index (χ1v) is 8.14. The Kier molecular flexibility index (Phi) is 3.82. The molecule has 25 heavy (non-hydrogen) atoms. The molecule has 2 N–H and O–H groups in total. The van der Waals surface area contributed by atoms with Gasteiger partial charge in [-0.05, 0) is 24.5 Å². The fourth-order valence-corrected chi connectivity index (χ4v) is 3.10. The van der Waals surface area contributed by atoms with E-state index in [0.717, 1.165) is 24.1 Å². The first-order valence-electron chi connectivity index (χ1n) is 8.14. The van der Waals surface area contributed by atoms with Crippen LogP contribution >= 0.6 is 0 Å². The Morgan fingerprint density at radius 2 is 2.32 bits per heavy atom. The van der Waals surface area contributed by atoms with Crippen molar-refractivity contribution in [2.45, 2.75) is 6.42 Å². The first kappa shape index (κ1) is 15.2. The van der Waals surface area contributed by atoms with Crippen LogP contribution in [0.2, 0.25) is 0 Å². The van der Waals surface area contributed by atoms with Crippen LogP contribution in [0.15, 0.2) is 36.9 Å².